The zero-order valence-electron chi connectivity index (χ0n) is 16.1. The minimum Gasteiger partial charge on any atom is -0.465 e. The Morgan fingerprint density at radius 1 is 1.10 bits per heavy atom. The number of aromatic nitrogens is 4. The van der Waals surface area contributed by atoms with Crippen molar-refractivity contribution < 1.29 is 17.9 Å². The second kappa shape index (κ2) is 7.23. The highest BCUT2D eigenvalue weighted by Crippen LogP contribution is 2.25. The molecule has 10 heteroatoms. The molecular formula is C20H17N5O4S. The van der Waals surface area contributed by atoms with Gasteiger partial charge >= 0.3 is 5.97 Å². The van der Waals surface area contributed by atoms with Crippen LogP contribution in [0, 0.1) is 0 Å². The molecule has 2 heterocycles. The first kappa shape index (κ1) is 19.5. The van der Waals surface area contributed by atoms with Gasteiger partial charge in [0.15, 0.2) is 21.5 Å². The SMILES string of the molecule is COC(=O)c1ccc2ncn(-c3nc(-c4ccc(S(C)(=O)=O)cc4)cnc3N)c2c1. The Bertz CT molecular complexity index is 1380. The van der Waals surface area contributed by atoms with Gasteiger partial charge in [-0.05, 0) is 30.3 Å². The maximum absolute atomic E-state index is 11.9. The molecule has 0 atom stereocenters. The number of nitrogens with two attached hydrogens (primary N) is 1. The first-order chi connectivity index (χ1) is 14.3. The van der Waals surface area contributed by atoms with E-state index in [0.717, 1.165) is 6.26 Å². The van der Waals surface area contributed by atoms with Crippen molar-refractivity contribution in [3.05, 3.63) is 60.6 Å². The van der Waals surface area contributed by atoms with Crippen LogP contribution in [0.5, 0.6) is 0 Å². The highest BCUT2D eigenvalue weighted by atomic mass is 32.2. The molecule has 0 spiro atoms. The second-order valence-electron chi connectivity index (χ2n) is 6.57. The van der Waals surface area contributed by atoms with Crippen LogP contribution in [0.4, 0.5) is 5.82 Å². The van der Waals surface area contributed by atoms with E-state index in [1.165, 1.54) is 25.4 Å². The van der Waals surface area contributed by atoms with Gasteiger partial charge in [-0.15, -0.1) is 0 Å². The summed E-state index contributed by atoms with van der Waals surface area (Å²) >= 11 is 0. The maximum atomic E-state index is 11.9. The number of ether oxygens (including phenoxy) is 1. The molecule has 0 bridgehead atoms. The summed E-state index contributed by atoms with van der Waals surface area (Å²) in [5, 5.41) is 0. The fourth-order valence-electron chi connectivity index (χ4n) is 3.00. The number of benzene rings is 2. The highest BCUT2D eigenvalue weighted by molar-refractivity contribution is 7.90. The molecule has 0 aliphatic rings. The lowest BCUT2D eigenvalue weighted by Gasteiger charge is -2.09. The number of anilines is 1. The summed E-state index contributed by atoms with van der Waals surface area (Å²) in [5.74, 6) is 0.0434. The van der Waals surface area contributed by atoms with Crippen molar-refractivity contribution >= 4 is 32.7 Å². The third-order valence-electron chi connectivity index (χ3n) is 4.56. The van der Waals surface area contributed by atoms with Gasteiger partial charge in [0.05, 0.1) is 40.5 Å². The normalized spacial score (nSPS) is 11.5. The molecule has 0 unspecified atom stereocenters. The average Bonchev–Trinajstić information content (AvgIpc) is 3.16. The first-order valence-corrected chi connectivity index (χ1v) is 10.7. The quantitative estimate of drug-likeness (QED) is 0.495. The number of nitrogen functional groups attached to an aromatic ring is 1. The average molecular weight is 423 g/mol. The molecule has 4 rings (SSSR count). The van der Waals surface area contributed by atoms with Gasteiger partial charge in [0.2, 0.25) is 0 Å². The molecule has 9 nitrogen and oxygen atoms in total. The minimum atomic E-state index is -3.30. The third kappa shape index (κ3) is 3.48. The van der Waals surface area contributed by atoms with E-state index >= 15 is 0 Å². The molecule has 0 saturated heterocycles. The van der Waals surface area contributed by atoms with Crippen molar-refractivity contribution in [3.8, 4) is 17.1 Å². The minimum absolute atomic E-state index is 0.175. The molecule has 0 aliphatic heterocycles. The van der Waals surface area contributed by atoms with Crippen molar-refractivity contribution in [2.45, 2.75) is 4.90 Å². The van der Waals surface area contributed by atoms with Crippen LogP contribution in [0.15, 0.2) is 59.9 Å². The summed E-state index contributed by atoms with van der Waals surface area (Å²) in [6.07, 6.45) is 4.20. The zero-order chi connectivity index (χ0) is 21.5. The monoisotopic (exact) mass is 423 g/mol. The van der Waals surface area contributed by atoms with E-state index in [1.54, 1.807) is 41.2 Å². The number of carbonyl (C=O) groups excluding carboxylic acids is 1. The molecule has 2 aromatic carbocycles. The second-order valence-corrected chi connectivity index (χ2v) is 8.59. The summed E-state index contributed by atoms with van der Waals surface area (Å²) in [6.45, 7) is 0. The van der Waals surface area contributed by atoms with E-state index in [1.807, 2.05) is 0 Å². The molecule has 0 radical (unpaired) electrons. The summed E-state index contributed by atoms with van der Waals surface area (Å²) in [6, 6.07) is 11.3. The van der Waals surface area contributed by atoms with Crippen molar-refractivity contribution in [1.82, 2.24) is 19.5 Å². The van der Waals surface area contributed by atoms with E-state index < -0.39 is 15.8 Å². The number of rotatable bonds is 4. The summed E-state index contributed by atoms with van der Waals surface area (Å²) in [5.41, 5.74) is 8.87. The van der Waals surface area contributed by atoms with Crippen molar-refractivity contribution in [2.75, 3.05) is 19.1 Å². The van der Waals surface area contributed by atoms with Gasteiger partial charge in [-0.3, -0.25) is 4.57 Å². The molecule has 2 aromatic heterocycles. The summed E-state index contributed by atoms with van der Waals surface area (Å²) < 4.78 is 29.8. The van der Waals surface area contributed by atoms with Gasteiger partial charge in [-0.2, -0.15) is 0 Å². The third-order valence-corrected chi connectivity index (χ3v) is 5.68. The standard InChI is InChI=1S/C20H17N5O4S/c1-29-20(26)13-5-8-15-17(9-13)25(11-23-15)19-18(21)22-10-16(24-19)12-3-6-14(7-4-12)30(2,27)28/h3-11H,1-2H3,(H2,21,22). The highest BCUT2D eigenvalue weighted by Gasteiger charge is 2.15. The smallest absolute Gasteiger partial charge is 0.337 e. The van der Waals surface area contributed by atoms with Crippen LogP contribution in [-0.4, -0.2) is 47.3 Å². The number of hydrogen-bond acceptors (Lipinski definition) is 8. The number of esters is 1. The van der Waals surface area contributed by atoms with Crippen molar-refractivity contribution in [3.63, 3.8) is 0 Å². The Hall–Kier alpha value is -3.79. The zero-order valence-corrected chi connectivity index (χ0v) is 16.9. The largest absolute Gasteiger partial charge is 0.465 e. The van der Waals surface area contributed by atoms with E-state index in [4.69, 9.17) is 10.5 Å². The molecule has 0 amide bonds. The Labute approximate surface area is 172 Å². The predicted octanol–water partition coefficient (Wildman–Crippen LogP) is 2.25. The molecule has 0 aliphatic carbocycles. The number of sulfone groups is 1. The van der Waals surface area contributed by atoms with E-state index in [2.05, 4.69) is 15.0 Å². The lowest BCUT2D eigenvalue weighted by atomic mass is 10.1. The summed E-state index contributed by atoms with van der Waals surface area (Å²) in [7, 11) is -1.98. The lowest BCUT2D eigenvalue weighted by Crippen LogP contribution is -2.06. The van der Waals surface area contributed by atoms with Gasteiger partial charge < -0.3 is 10.5 Å². The first-order valence-electron chi connectivity index (χ1n) is 8.77. The number of carbonyl (C=O) groups is 1. The molecule has 0 fully saturated rings. The fraction of sp³-hybridized carbons (Fsp3) is 0.100. The molecule has 152 valence electrons. The van der Waals surface area contributed by atoms with E-state index in [0.29, 0.717) is 33.7 Å². The van der Waals surface area contributed by atoms with Crippen LogP contribution in [0.3, 0.4) is 0 Å². The Morgan fingerprint density at radius 2 is 1.83 bits per heavy atom. The van der Waals surface area contributed by atoms with Gasteiger partial charge in [-0.25, -0.2) is 28.2 Å². The predicted molar refractivity (Wildman–Crippen MR) is 111 cm³/mol. The van der Waals surface area contributed by atoms with Crippen LogP contribution in [-0.2, 0) is 14.6 Å². The number of hydrogen-bond donors (Lipinski definition) is 1. The number of methoxy groups -OCH3 is 1. The Kier molecular flexibility index (Phi) is 4.70. The molecule has 0 saturated carbocycles. The van der Waals surface area contributed by atoms with Crippen LogP contribution < -0.4 is 5.73 Å². The van der Waals surface area contributed by atoms with Crippen molar-refractivity contribution in [2.24, 2.45) is 0 Å². The summed E-state index contributed by atoms with van der Waals surface area (Å²) in [4.78, 5) is 25.2. The Balaban J connectivity index is 1.82. The number of fused-ring (bicyclic) bond motifs is 1. The van der Waals surface area contributed by atoms with E-state index in [9.17, 15) is 13.2 Å². The van der Waals surface area contributed by atoms with Gasteiger partial charge in [0.1, 0.15) is 6.33 Å². The van der Waals surface area contributed by atoms with Crippen LogP contribution in [0.25, 0.3) is 28.1 Å². The van der Waals surface area contributed by atoms with Crippen LogP contribution >= 0.6 is 0 Å². The fourth-order valence-corrected chi connectivity index (χ4v) is 3.63. The van der Waals surface area contributed by atoms with E-state index in [-0.39, 0.29) is 10.7 Å². The molecular weight excluding hydrogens is 406 g/mol. The number of nitrogens with zero attached hydrogens (tertiary/aromatic N) is 4. The van der Waals surface area contributed by atoms with Crippen molar-refractivity contribution in [1.29, 1.82) is 0 Å². The molecule has 30 heavy (non-hydrogen) atoms. The van der Waals surface area contributed by atoms with Crippen LogP contribution in [0.1, 0.15) is 10.4 Å². The number of imidazole rings is 1. The Morgan fingerprint density at radius 3 is 2.50 bits per heavy atom. The van der Waals surface area contributed by atoms with Gasteiger partial charge in [0, 0.05) is 11.8 Å². The van der Waals surface area contributed by atoms with Gasteiger partial charge in [-0.1, -0.05) is 12.1 Å². The molecule has 2 N–H and O–H groups in total. The maximum Gasteiger partial charge on any atom is 0.337 e. The topological polar surface area (TPSA) is 130 Å². The van der Waals surface area contributed by atoms with Gasteiger partial charge in [0.25, 0.3) is 0 Å². The lowest BCUT2D eigenvalue weighted by molar-refractivity contribution is 0.0601. The van der Waals surface area contributed by atoms with Crippen LogP contribution in [0.2, 0.25) is 0 Å². The molecule has 4 aromatic rings.